The molecule has 3 rings (SSSR count). The molecular formula is C20H11F6NO. The van der Waals surface area contributed by atoms with E-state index in [4.69, 9.17) is 0 Å². The highest BCUT2D eigenvalue weighted by Gasteiger charge is 2.31. The maximum atomic E-state index is 13.0. The van der Waals surface area contributed by atoms with Crippen LogP contribution < -0.4 is 0 Å². The Kier molecular flexibility index (Phi) is 4.97. The molecule has 28 heavy (non-hydrogen) atoms. The summed E-state index contributed by atoms with van der Waals surface area (Å²) >= 11 is 0. The average Bonchev–Trinajstić information content (AvgIpc) is 2.66. The second-order valence-corrected chi connectivity index (χ2v) is 5.93. The number of carbonyl (C=O) groups excluding carboxylic acids is 1. The van der Waals surface area contributed by atoms with Gasteiger partial charge in [0.15, 0.2) is 6.29 Å². The molecule has 0 amide bonds. The molecule has 0 spiro atoms. The van der Waals surface area contributed by atoms with Crippen LogP contribution in [0.25, 0.3) is 22.3 Å². The van der Waals surface area contributed by atoms with Gasteiger partial charge in [-0.25, -0.2) is 0 Å². The number of aromatic nitrogens is 1. The van der Waals surface area contributed by atoms with Gasteiger partial charge in [-0.2, -0.15) is 26.3 Å². The first kappa shape index (κ1) is 19.6. The maximum absolute atomic E-state index is 13.0. The molecule has 0 aliphatic heterocycles. The average molecular weight is 395 g/mol. The molecule has 0 radical (unpaired) electrons. The Bertz CT molecular complexity index is 1020. The Morgan fingerprint density at radius 1 is 0.714 bits per heavy atom. The zero-order valence-corrected chi connectivity index (χ0v) is 14.0. The van der Waals surface area contributed by atoms with Crippen molar-refractivity contribution in [2.45, 2.75) is 12.4 Å². The van der Waals surface area contributed by atoms with Gasteiger partial charge in [0.2, 0.25) is 0 Å². The summed E-state index contributed by atoms with van der Waals surface area (Å²) in [6.45, 7) is 0. The first-order chi connectivity index (χ1) is 13.1. The standard InChI is InChI=1S/C20H11F6NO/c21-19(22,23)15-5-1-3-12(7-15)14-9-17(18(11-28)27-10-14)13-4-2-6-16(8-13)20(24,25)26/h1-11H. The molecule has 3 aromatic rings. The van der Waals surface area contributed by atoms with Crippen molar-refractivity contribution >= 4 is 6.29 Å². The zero-order valence-electron chi connectivity index (χ0n) is 14.0. The van der Waals surface area contributed by atoms with E-state index in [9.17, 15) is 31.1 Å². The van der Waals surface area contributed by atoms with Crippen molar-refractivity contribution in [3.8, 4) is 22.3 Å². The van der Waals surface area contributed by atoms with Gasteiger partial charge < -0.3 is 0 Å². The molecule has 1 aromatic heterocycles. The van der Waals surface area contributed by atoms with E-state index in [2.05, 4.69) is 4.98 Å². The number of hydrogen-bond donors (Lipinski definition) is 0. The smallest absolute Gasteiger partial charge is 0.296 e. The molecular weight excluding hydrogens is 384 g/mol. The molecule has 0 fully saturated rings. The van der Waals surface area contributed by atoms with Crippen LogP contribution in [0.2, 0.25) is 0 Å². The van der Waals surface area contributed by atoms with Crippen LogP contribution in [0.3, 0.4) is 0 Å². The van der Waals surface area contributed by atoms with Gasteiger partial charge in [0.25, 0.3) is 0 Å². The minimum Gasteiger partial charge on any atom is -0.296 e. The molecule has 144 valence electrons. The monoisotopic (exact) mass is 395 g/mol. The third-order valence-corrected chi connectivity index (χ3v) is 4.05. The van der Waals surface area contributed by atoms with E-state index in [1.807, 2.05) is 0 Å². The van der Waals surface area contributed by atoms with Crippen LogP contribution in [0.4, 0.5) is 26.3 Å². The van der Waals surface area contributed by atoms with E-state index < -0.39 is 23.5 Å². The van der Waals surface area contributed by atoms with Gasteiger partial charge in [-0.3, -0.25) is 9.78 Å². The largest absolute Gasteiger partial charge is 0.416 e. The summed E-state index contributed by atoms with van der Waals surface area (Å²) in [5.41, 5.74) is -1.31. The number of nitrogens with zero attached hydrogens (tertiary/aromatic N) is 1. The van der Waals surface area contributed by atoms with E-state index in [0.717, 1.165) is 24.3 Å². The SMILES string of the molecule is O=Cc1ncc(-c2cccc(C(F)(F)F)c2)cc1-c1cccc(C(F)(F)F)c1. The molecule has 0 saturated carbocycles. The van der Waals surface area contributed by atoms with Gasteiger partial charge in [0, 0.05) is 17.3 Å². The number of aldehydes is 1. The highest BCUT2D eigenvalue weighted by molar-refractivity contribution is 5.87. The van der Waals surface area contributed by atoms with E-state index in [1.54, 1.807) is 0 Å². The third-order valence-electron chi connectivity index (χ3n) is 4.05. The fourth-order valence-corrected chi connectivity index (χ4v) is 2.70. The van der Waals surface area contributed by atoms with Gasteiger partial charge in [-0.1, -0.05) is 24.3 Å². The van der Waals surface area contributed by atoms with Gasteiger partial charge in [-0.05, 0) is 41.5 Å². The molecule has 8 heteroatoms. The number of pyridine rings is 1. The number of halogens is 6. The van der Waals surface area contributed by atoms with Crippen molar-refractivity contribution < 1.29 is 31.1 Å². The lowest BCUT2D eigenvalue weighted by molar-refractivity contribution is -0.138. The first-order valence-corrected chi connectivity index (χ1v) is 7.90. The van der Waals surface area contributed by atoms with Crippen LogP contribution in [-0.2, 0) is 12.4 Å². The lowest BCUT2D eigenvalue weighted by Gasteiger charge is -2.12. The minimum atomic E-state index is -4.58. The van der Waals surface area contributed by atoms with E-state index in [-0.39, 0.29) is 27.9 Å². The summed E-state index contributed by atoms with van der Waals surface area (Å²) in [6.07, 6.45) is -7.54. The molecule has 0 N–H and O–H groups in total. The first-order valence-electron chi connectivity index (χ1n) is 7.90. The van der Waals surface area contributed by atoms with Crippen molar-refractivity contribution in [2.75, 3.05) is 0 Å². The van der Waals surface area contributed by atoms with Crippen LogP contribution in [-0.4, -0.2) is 11.3 Å². The number of hydrogen-bond acceptors (Lipinski definition) is 2. The quantitative estimate of drug-likeness (QED) is 0.387. The Morgan fingerprint density at radius 2 is 1.25 bits per heavy atom. The summed E-state index contributed by atoms with van der Waals surface area (Å²) in [5, 5.41) is 0. The van der Waals surface area contributed by atoms with Gasteiger partial charge in [-0.15, -0.1) is 0 Å². The molecule has 0 bridgehead atoms. The van der Waals surface area contributed by atoms with Crippen LogP contribution in [0.5, 0.6) is 0 Å². The van der Waals surface area contributed by atoms with Crippen molar-refractivity contribution in [2.24, 2.45) is 0 Å². The lowest BCUT2D eigenvalue weighted by atomic mass is 9.97. The van der Waals surface area contributed by atoms with Gasteiger partial charge in [0.05, 0.1) is 11.1 Å². The number of carbonyl (C=O) groups is 1. The van der Waals surface area contributed by atoms with Gasteiger partial charge >= 0.3 is 12.4 Å². The van der Waals surface area contributed by atoms with Gasteiger partial charge in [0.1, 0.15) is 5.69 Å². The number of rotatable bonds is 3. The molecule has 2 nitrogen and oxygen atoms in total. The normalized spacial score (nSPS) is 12.1. The highest BCUT2D eigenvalue weighted by Crippen LogP contribution is 2.35. The molecule has 0 saturated heterocycles. The minimum absolute atomic E-state index is 0.0817. The Morgan fingerprint density at radius 3 is 1.79 bits per heavy atom. The molecule has 0 unspecified atom stereocenters. The fourth-order valence-electron chi connectivity index (χ4n) is 2.70. The fraction of sp³-hybridized carbons (Fsp3) is 0.100. The Balaban J connectivity index is 2.14. The van der Waals surface area contributed by atoms with Crippen LogP contribution in [0.15, 0.2) is 60.8 Å². The predicted octanol–water partition coefficient (Wildman–Crippen LogP) is 6.27. The molecule has 1 heterocycles. The zero-order chi connectivity index (χ0) is 20.5. The predicted molar refractivity (Wildman–Crippen MR) is 90.5 cm³/mol. The molecule has 0 aliphatic carbocycles. The summed E-state index contributed by atoms with van der Waals surface area (Å²) < 4.78 is 77.7. The van der Waals surface area contributed by atoms with Crippen molar-refractivity contribution in [3.63, 3.8) is 0 Å². The summed E-state index contributed by atoms with van der Waals surface area (Å²) in [6, 6.07) is 10.1. The molecule has 2 aromatic carbocycles. The summed E-state index contributed by atoms with van der Waals surface area (Å²) in [7, 11) is 0. The summed E-state index contributed by atoms with van der Waals surface area (Å²) in [4.78, 5) is 15.2. The Hall–Kier alpha value is -3.16. The molecule has 0 aliphatic rings. The number of alkyl halides is 6. The Labute approximate surface area is 155 Å². The van der Waals surface area contributed by atoms with Crippen molar-refractivity contribution in [1.82, 2.24) is 4.98 Å². The van der Waals surface area contributed by atoms with Crippen LogP contribution >= 0.6 is 0 Å². The second-order valence-electron chi connectivity index (χ2n) is 5.93. The van der Waals surface area contributed by atoms with E-state index >= 15 is 0 Å². The van der Waals surface area contributed by atoms with Crippen molar-refractivity contribution in [3.05, 3.63) is 77.6 Å². The van der Waals surface area contributed by atoms with E-state index in [0.29, 0.717) is 6.29 Å². The molecule has 0 atom stereocenters. The topological polar surface area (TPSA) is 30.0 Å². The lowest BCUT2D eigenvalue weighted by Crippen LogP contribution is -2.05. The van der Waals surface area contributed by atoms with Crippen molar-refractivity contribution in [1.29, 1.82) is 0 Å². The van der Waals surface area contributed by atoms with Crippen LogP contribution in [0.1, 0.15) is 21.6 Å². The second kappa shape index (κ2) is 7.10. The third kappa shape index (κ3) is 4.05. The number of benzene rings is 2. The summed E-state index contributed by atoms with van der Waals surface area (Å²) in [5.74, 6) is 0. The van der Waals surface area contributed by atoms with Crippen LogP contribution in [0, 0.1) is 0 Å². The maximum Gasteiger partial charge on any atom is 0.416 e. The highest BCUT2D eigenvalue weighted by atomic mass is 19.4. The van der Waals surface area contributed by atoms with E-state index in [1.165, 1.54) is 36.5 Å².